The lowest BCUT2D eigenvalue weighted by Crippen LogP contribution is -2.53. The second-order valence-electron chi connectivity index (χ2n) is 7.16. The molecule has 1 aromatic rings. The summed E-state index contributed by atoms with van der Waals surface area (Å²) in [6.07, 6.45) is 2.13. The number of ether oxygens (including phenoxy) is 1. The molecule has 0 unspecified atom stereocenters. The summed E-state index contributed by atoms with van der Waals surface area (Å²) in [4.78, 5) is 6.93. The maximum absolute atomic E-state index is 8.18. The van der Waals surface area contributed by atoms with E-state index >= 15 is 0 Å². The van der Waals surface area contributed by atoms with Crippen LogP contribution in [0.4, 0.5) is 0 Å². The van der Waals surface area contributed by atoms with Gasteiger partial charge in [0.25, 0.3) is 6.02 Å². The van der Waals surface area contributed by atoms with Crippen LogP contribution in [0.5, 0.6) is 0 Å². The van der Waals surface area contributed by atoms with Crippen LogP contribution in [0.1, 0.15) is 24.0 Å². The highest BCUT2D eigenvalue weighted by atomic mass is 16.5. The van der Waals surface area contributed by atoms with Gasteiger partial charge in [0.1, 0.15) is 0 Å². The van der Waals surface area contributed by atoms with Crippen molar-refractivity contribution in [2.45, 2.75) is 25.8 Å². The van der Waals surface area contributed by atoms with E-state index in [0.29, 0.717) is 11.6 Å². The monoisotopic (exact) mass is 343 g/mol. The van der Waals surface area contributed by atoms with Gasteiger partial charge in [0.05, 0.1) is 0 Å². The average Bonchev–Trinajstić information content (AvgIpc) is 2.63. The van der Waals surface area contributed by atoms with Crippen LogP contribution in [-0.2, 0) is 4.74 Å². The van der Waals surface area contributed by atoms with Crippen LogP contribution in [-0.4, -0.2) is 79.0 Å². The zero-order valence-corrected chi connectivity index (χ0v) is 15.3. The zero-order valence-electron chi connectivity index (χ0n) is 15.3. The fourth-order valence-corrected chi connectivity index (χ4v) is 3.55. The molecular formula is C19H29N5O. The van der Waals surface area contributed by atoms with Crippen molar-refractivity contribution in [1.82, 2.24) is 14.7 Å². The van der Waals surface area contributed by atoms with E-state index in [1.807, 2.05) is 36.1 Å². The Hall–Kier alpha value is -1.92. The van der Waals surface area contributed by atoms with Crippen molar-refractivity contribution >= 4 is 11.9 Å². The lowest BCUT2D eigenvalue weighted by molar-refractivity contribution is 0.0786. The summed E-state index contributed by atoms with van der Waals surface area (Å²) in [6.45, 7) is 8.26. The van der Waals surface area contributed by atoms with Crippen LogP contribution in [0.3, 0.4) is 0 Å². The zero-order chi connectivity index (χ0) is 17.8. The third-order valence-corrected chi connectivity index (χ3v) is 5.32. The highest BCUT2D eigenvalue weighted by Crippen LogP contribution is 2.18. The van der Waals surface area contributed by atoms with Gasteiger partial charge in [-0.3, -0.25) is 15.7 Å². The fraction of sp³-hybridized carbons (Fsp3) is 0.579. The van der Waals surface area contributed by atoms with E-state index in [0.717, 1.165) is 57.7 Å². The Balaban J connectivity index is 1.46. The van der Waals surface area contributed by atoms with Crippen LogP contribution < -0.4 is 0 Å². The minimum atomic E-state index is 0.0474. The van der Waals surface area contributed by atoms with Gasteiger partial charge < -0.3 is 14.5 Å². The minimum Gasteiger partial charge on any atom is -0.407 e. The van der Waals surface area contributed by atoms with E-state index in [9.17, 15) is 0 Å². The van der Waals surface area contributed by atoms with Crippen molar-refractivity contribution < 1.29 is 4.74 Å². The van der Waals surface area contributed by atoms with Crippen molar-refractivity contribution in [3.8, 4) is 0 Å². The molecule has 3 rings (SSSR count). The summed E-state index contributed by atoms with van der Waals surface area (Å²) in [5.74, 6) is 0.0474. The number of nitrogens with zero attached hydrogens (tertiary/aromatic N) is 3. The Labute approximate surface area is 150 Å². The molecule has 25 heavy (non-hydrogen) atoms. The van der Waals surface area contributed by atoms with Crippen molar-refractivity contribution in [3.05, 3.63) is 35.4 Å². The molecular weight excluding hydrogens is 314 g/mol. The van der Waals surface area contributed by atoms with E-state index < -0.39 is 0 Å². The molecule has 2 saturated heterocycles. The van der Waals surface area contributed by atoms with Crippen LogP contribution in [0.2, 0.25) is 0 Å². The molecule has 0 spiro atoms. The molecule has 2 aliphatic rings. The molecule has 6 nitrogen and oxygen atoms in total. The number of rotatable bonds is 2. The number of amidine groups is 1. The second kappa shape index (κ2) is 7.97. The van der Waals surface area contributed by atoms with Gasteiger partial charge in [-0.25, -0.2) is 0 Å². The number of hydrogen-bond donors (Lipinski definition) is 2. The first-order chi connectivity index (χ1) is 12.0. The number of hydrogen-bond acceptors (Lipinski definition) is 5. The molecule has 0 bridgehead atoms. The summed E-state index contributed by atoms with van der Waals surface area (Å²) in [5.41, 5.74) is 1.86. The van der Waals surface area contributed by atoms with Gasteiger partial charge in [-0.15, -0.1) is 0 Å². The standard InChI is InChI=1S/C19H29N5O/c1-15-3-5-16(6-4-15)18(20)25-19(21)24-9-7-17(8-10-24)23-13-11-22(2)12-14-23/h3-6,17,20-21H,7-14H2,1-2H3. The lowest BCUT2D eigenvalue weighted by Gasteiger charge is -2.42. The number of likely N-dealkylation sites (tertiary alicyclic amines) is 1. The number of nitrogens with one attached hydrogen (secondary N) is 2. The smallest absolute Gasteiger partial charge is 0.291 e. The van der Waals surface area contributed by atoms with Crippen LogP contribution >= 0.6 is 0 Å². The van der Waals surface area contributed by atoms with Gasteiger partial charge in [-0.1, -0.05) is 17.7 Å². The highest BCUT2D eigenvalue weighted by Gasteiger charge is 2.28. The van der Waals surface area contributed by atoms with Gasteiger partial charge >= 0.3 is 0 Å². The third-order valence-electron chi connectivity index (χ3n) is 5.32. The van der Waals surface area contributed by atoms with Gasteiger partial charge in [-0.2, -0.15) is 0 Å². The lowest BCUT2D eigenvalue weighted by atomic mass is 10.0. The summed E-state index contributed by atoms with van der Waals surface area (Å²) in [6, 6.07) is 8.36. The average molecular weight is 343 g/mol. The predicted molar refractivity (Wildman–Crippen MR) is 100 cm³/mol. The minimum absolute atomic E-state index is 0.0474. The predicted octanol–water partition coefficient (Wildman–Crippen LogP) is 1.98. The molecule has 0 atom stereocenters. The third kappa shape index (κ3) is 4.58. The summed E-state index contributed by atoms with van der Waals surface area (Å²) >= 11 is 0. The molecule has 0 radical (unpaired) electrons. The SMILES string of the molecule is Cc1ccc(C(=N)OC(=N)N2CCC(N3CCN(C)CC3)CC2)cc1. The van der Waals surface area contributed by atoms with Gasteiger partial charge in [0.15, 0.2) is 0 Å². The Morgan fingerprint density at radius 1 is 0.960 bits per heavy atom. The van der Waals surface area contributed by atoms with Gasteiger partial charge in [0.2, 0.25) is 5.90 Å². The maximum atomic E-state index is 8.18. The second-order valence-corrected chi connectivity index (χ2v) is 7.16. The van der Waals surface area contributed by atoms with E-state index in [1.165, 1.54) is 0 Å². The van der Waals surface area contributed by atoms with E-state index in [4.69, 9.17) is 15.6 Å². The topological polar surface area (TPSA) is 66.7 Å². The van der Waals surface area contributed by atoms with E-state index in [-0.39, 0.29) is 11.9 Å². The molecule has 1 aromatic carbocycles. The van der Waals surface area contributed by atoms with Crippen molar-refractivity contribution in [1.29, 1.82) is 10.8 Å². The molecule has 0 aliphatic carbocycles. The molecule has 0 amide bonds. The number of piperazine rings is 1. The van der Waals surface area contributed by atoms with Crippen molar-refractivity contribution in [2.75, 3.05) is 46.3 Å². The van der Waals surface area contributed by atoms with Crippen molar-refractivity contribution in [2.24, 2.45) is 0 Å². The fourth-order valence-electron chi connectivity index (χ4n) is 3.55. The summed E-state index contributed by atoms with van der Waals surface area (Å²) < 4.78 is 5.48. The Bertz CT molecular complexity index is 599. The number of piperidine rings is 1. The summed E-state index contributed by atoms with van der Waals surface area (Å²) in [5, 5.41) is 16.2. The number of benzene rings is 1. The van der Waals surface area contributed by atoms with Crippen LogP contribution in [0.15, 0.2) is 24.3 Å². The molecule has 2 fully saturated rings. The quantitative estimate of drug-likeness (QED) is 0.637. The van der Waals surface area contributed by atoms with Gasteiger partial charge in [0, 0.05) is 50.9 Å². The normalized spacial score (nSPS) is 20.5. The highest BCUT2D eigenvalue weighted by molar-refractivity contribution is 5.98. The largest absolute Gasteiger partial charge is 0.407 e. The van der Waals surface area contributed by atoms with E-state index in [2.05, 4.69) is 16.8 Å². The van der Waals surface area contributed by atoms with Crippen molar-refractivity contribution in [3.63, 3.8) is 0 Å². The van der Waals surface area contributed by atoms with Crippen LogP contribution in [0, 0.1) is 17.7 Å². The maximum Gasteiger partial charge on any atom is 0.291 e. The molecule has 136 valence electrons. The molecule has 0 saturated carbocycles. The number of aryl methyl sites for hydroxylation is 1. The first kappa shape index (κ1) is 17.9. The summed E-state index contributed by atoms with van der Waals surface area (Å²) in [7, 11) is 2.18. The molecule has 6 heteroatoms. The Morgan fingerprint density at radius 3 is 2.16 bits per heavy atom. The van der Waals surface area contributed by atoms with Crippen LogP contribution in [0.25, 0.3) is 0 Å². The Kier molecular flexibility index (Phi) is 5.71. The van der Waals surface area contributed by atoms with E-state index in [1.54, 1.807) is 0 Å². The molecule has 0 aromatic heterocycles. The molecule has 2 heterocycles. The molecule has 2 N–H and O–H groups in total. The van der Waals surface area contributed by atoms with Gasteiger partial charge in [-0.05, 0) is 38.9 Å². The Morgan fingerprint density at radius 2 is 1.56 bits per heavy atom. The number of likely N-dealkylation sites (N-methyl/N-ethyl adjacent to an activating group) is 1. The molecule has 2 aliphatic heterocycles. The first-order valence-corrected chi connectivity index (χ1v) is 9.12. The first-order valence-electron chi connectivity index (χ1n) is 9.12.